The molecule has 1 fully saturated rings. The van der Waals surface area contributed by atoms with Gasteiger partial charge in [-0.25, -0.2) is 13.5 Å². The number of aromatic nitrogens is 2. The van der Waals surface area contributed by atoms with Gasteiger partial charge in [-0.1, -0.05) is 6.92 Å². The normalized spacial score (nSPS) is 16.8. The van der Waals surface area contributed by atoms with E-state index in [0.717, 1.165) is 37.7 Å². The highest BCUT2D eigenvalue weighted by Crippen LogP contribution is 2.33. The second-order valence-electron chi connectivity index (χ2n) is 7.49. The fourth-order valence-electron chi connectivity index (χ4n) is 3.57. The maximum Gasteiger partial charge on any atom is 0.194 e. The number of piperidine rings is 1. The van der Waals surface area contributed by atoms with Crippen LogP contribution in [0, 0.1) is 17.0 Å². The molecule has 2 heterocycles. The first-order chi connectivity index (χ1) is 12.9. The second-order valence-corrected chi connectivity index (χ2v) is 7.49. The molecular formula is C20H21F2N3O2. The van der Waals surface area contributed by atoms with Gasteiger partial charge in [-0.05, 0) is 48.6 Å². The zero-order valence-electron chi connectivity index (χ0n) is 15.0. The minimum atomic E-state index is -1.02. The van der Waals surface area contributed by atoms with E-state index >= 15 is 0 Å². The number of phenols is 1. The largest absolute Gasteiger partial charge is 0.503 e. The molecule has 0 unspecified atom stereocenters. The number of rotatable bonds is 3. The first kappa shape index (κ1) is 17.7. The molecule has 27 heavy (non-hydrogen) atoms. The minimum absolute atomic E-state index is 0.0147. The summed E-state index contributed by atoms with van der Waals surface area (Å²) < 4.78 is 29.2. The fourth-order valence-corrected chi connectivity index (χ4v) is 3.57. The Balaban J connectivity index is 1.62. The zero-order chi connectivity index (χ0) is 19.2. The van der Waals surface area contributed by atoms with Crippen LogP contribution in [0.1, 0.15) is 19.8 Å². The van der Waals surface area contributed by atoms with Gasteiger partial charge in [0.15, 0.2) is 17.4 Å². The van der Waals surface area contributed by atoms with Crippen molar-refractivity contribution in [2.45, 2.75) is 19.8 Å². The Labute approximate surface area is 155 Å². The molecule has 2 aromatic carbocycles. The van der Waals surface area contributed by atoms with Gasteiger partial charge in [0.05, 0.1) is 11.9 Å². The van der Waals surface area contributed by atoms with E-state index in [1.54, 1.807) is 0 Å². The summed E-state index contributed by atoms with van der Waals surface area (Å²) >= 11 is 0. The standard InChI is InChI=1S/C20H21F2N3O2/c1-20(12-26)6-8-24(9-7-20)14-2-4-15(5-3-14)25-18-13(11-23-25)10-16(21)19(27)17(18)22/h2-5,10-11,26-27H,6-9,12H2,1H3. The summed E-state index contributed by atoms with van der Waals surface area (Å²) in [5, 5.41) is 23.5. The van der Waals surface area contributed by atoms with E-state index in [4.69, 9.17) is 0 Å². The molecule has 0 spiro atoms. The Hall–Kier alpha value is -2.67. The Morgan fingerprint density at radius 3 is 2.37 bits per heavy atom. The van der Waals surface area contributed by atoms with Gasteiger partial charge in [0, 0.05) is 30.8 Å². The Bertz CT molecular complexity index is 977. The quantitative estimate of drug-likeness (QED) is 0.736. The van der Waals surface area contributed by atoms with Crippen molar-refractivity contribution in [2.24, 2.45) is 5.41 Å². The smallest absolute Gasteiger partial charge is 0.194 e. The molecule has 7 heteroatoms. The number of aliphatic hydroxyl groups is 1. The zero-order valence-corrected chi connectivity index (χ0v) is 15.0. The van der Waals surface area contributed by atoms with Gasteiger partial charge in [-0.3, -0.25) is 0 Å². The number of halogens is 2. The summed E-state index contributed by atoms with van der Waals surface area (Å²) in [4.78, 5) is 2.25. The monoisotopic (exact) mass is 373 g/mol. The molecule has 0 atom stereocenters. The highest BCUT2D eigenvalue weighted by molar-refractivity contribution is 5.82. The van der Waals surface area contributed by atoms with Crippen molar-refractivity contribution in [3.8, 4) is 11.4 Å². The summed E-state index contributed by atoms with van der Waals surface area (Å²) in [6, 6.07) is 8.58. The van der Waals surface area contributed by atoms with Crippen LogP contribution in [0.15, 0.2) is 36.5 Å². The lowest BCUT2D eigenvalue weighted by Crippen LogP contribution is -2.40. The summed E-state index contributed by atoms with van der Waals surface area (Å²) in [5.74, 6) is -3.03. The van der Waals surface area contributed by atoms with Gasteiger partial charge in [0.2, 0.25) is 0 Å². The molecule has 3 aromatic rings. The molecular weight excluding hydrogens is 352 g/mol. The van der Waals surface area contributed by atoms with Gasteiger partial charge in [-0.2, -0.15) is 5.10 Å². The third-order valence-electron chi connectivity index (χ3n) is 5.53. The fraction of sp³-hybridized carbons (Fsp3) is 0.350. The average Bonchev–Trinajstić information content (AvgIpc) is 3.11. The number of anilines is 1. The van der Waals surface area contributed by atoms with E-state index in [1.165, 1.54) is 10.9 Å². The van der Waals surface area contributed by atoms with Crippen LogP contribution in [0.4, 0.5) is 14.5 Å². The average molecular weight is 373 g/mol. The summed E-state index contributed by atoms with van der Waals surface area (Å²) in [5.41, 5.74) is 1.69. The summed E-state index contributed by atoms with van der Waals surface area (Å²) in [7, 11) is 0. The van der Waals surface area contributed by atoms with Crippen LogP contribution < -0.4 is 4.90 Å². The molecule has 1 aliphatic rings. The van der Waals surface area contributed by atoms with Gasteiger partial charge < -0.3 is 15.1 Å². The van der Waals surface area contributed by atoms with Crippen molar-refractivity contribution in [1.29, 1.82) is 0 Å². The highest BCUT2D eigenvalue weighted by Gasteiger charge is 2.29. The molecule has 2 N–H and O–H groups in total. The summed E-state index contributed by atoms with van der Waals surface area (Å²) in [6.07, 6.45) is 3.21. The van der Waals surface area contributed by atoms with Crippen LogP contribution in [0.2, 0.25) is 0 Å². The van der Waals surface area contributed by atoms with E-state index in [2.05, 4.69) is 16.9 Å². The maximum atomic E-state index is 14.3. The Morgan fingerprint density at radius 1 is 1.11 bits per heavy atom. The number of aliphatic hydroxyl groups excluding tert-OH is 1. The van der Waals surface area contributed by atoms with Crippen molar-refractivity contribution in [1.82, 2.24) is 9.78 Å². The second kappa shape index (κ2) is 6.49. The third kappa shape index (κ3) is 3.02. The van der Waals surface area contributed by atoms with Crippen molar-refractivity contribution in [3.63, 3.8) is 0 Å². The van der Waals surface area contributed by atoms with E-state index in [-0.39, 0.29) is 22.9 Å². The molecule has 0 radical (unpaired) electrons. The van der Waals surface area contributed by atoms with Crippen LogP contribution in [0.25, 0.3) is 16.6 Å². The van der Waals surface area contributed by atoms with Crippen LogP contribution in [0.5, 0.6) is 5.75 Å². The molecule has 1 saturated heterocycles. The molecule has 0 aliphatic carbocycles. The first-order valence-corrected chi connectivity index (χ1v) is 8.93. The van der Waals surface area contributed by atoms with Crippen molar-refractivity contribution < 1.29 is 19.0 Å². The topological polar surface area (TPSA) is 61.5 Å². The van der Waals surface area contributed by atoms with Crippen LogP contribution >= 0.6 is 0 Å². The first-order valence-electron chi connectivity index (χ1n) is 8.93. The lowest BCUT2D eigenvalue weighted by Gasteiger charge is -2.39. The van der Waals surface area contributed by atoms with Crippen molar-refractivity contribution in [2.75, 3.05) is 24.6 Å². The van der Waals surface area contributed by atoms with Crippen molar-refractivity contribution >= 4 is 16.6 Å². The predicted molar refractivity (Wildman–Crippen MR) is 99.3 cm³/mol. The maximum absolute atomic E-state index is 14.3. The minimum Gasteiger partial charge on any atom is -0.503 e. The molecule has 1 aromatic heterocycles. The number of benzene rings is 2. The van der Waals surface area contributed by atoms with Gasteiger partial charge in [0.25, 0.3) is 0 Å². The lowest BCUT2D eigenvalue weighted by molar-refractivity contribution is 0.115. The number of phenolic OH excluding ortho intramolecular Hbond substituents is 1. The lowest BCUT2D eigenvalue weighted by atomic mass is 9.81. The Kier molecular flexibility index (Phi) is 4.26. The molecule has 4 rings (SSSR count). The van der Waals surface area contributed by atoms with E-state index < -0.39 is 17.4 Å². The van der Waals surface area contributed by atoms with E-state index in [0.29, 0.717) is 5.69 Å². The molecule has 142 valence electrons. The van der Waals surface area contributed by atoms with Crippen molar-refractivity contribution in [3.05, 3.63) is 48.2 Å². The number of hydrogen-bond acceptors (Lipinski definition) is 4. The number of nitrogens with zero attached hydrogens (tertiary/aromatic N) is 3. The summed E-state index contributed by atoms with van der Waals surface area (Å²) in [6.45, 7) is 4.03. The predicted octanol–water partition coefficient (Wildman–Crippen LogP) is 3.61. The molecule has 0 bridgehead atoms. The number of hydrogen-bond donors (Lipinski definition) is 2. The molecule has 0 amide bonds. The van der Waals surface area contributed by atoms with Crippen LogP contribution in [0.3, 0.4) is 0 Å². The Morgan fingerprint density at radius 2 is 1.74 bits per heavy atom. The highest BCUT2D eigenvalue weighted by atomic mass is 19.1. The van der Waals surface area contributed by atoms with Crippen LogP contribution in [-0.4, -0.2) is 39.7 Å². The molecule has 0 saturated carbocycles. The molecule has 5 nitrogen and oxygen atoms in total. The van der Waals surface area contributed by atoms with Gasteiger partial charge >= 0.3 is 0 Å². The van der Waals surface area contributed by atoms with E-state index in [1.807, 2.05) is 24.3 Å². The number of aromatic hydroxyl groups is 1. The van der Waals surface area contributed by atoms with E-state index in [9.17, 15) is 19.0 Å². The third-order valence-corrected chi connectivity index (χ3v) is 5.53. The van der Waals surface area contributed by atoms with Gasteiger partial charge in [-0.15, -0.1) is 0 Å². The number of fused-ring (bicyclic) bond motifs is 1. The SMILES string of the molecule is CC1(CO)CCN(c2ccc(-n3ncc4cc(F)c(O)c(F)c43)cc2)CC1. The molecule has 1 aliphatic heterocycles. The van der Waals surface area contributed by atoms with Crippen LogP contribution in [-0.2, 0) is 0 Å². The van der Waals surface area contributed by atoms with Gasteiger partial charge in [0.1, 0.15) is 5.52 Å².